The van der Waals surface area contributed by atoms with Crippen LogP contribution in [0.1, 0.15) is 42.6 Å². The van der Waals surface area contributed by atoms with E-state index in [4.69, 9.17) is 4.74 Å². The number of hydrogen-bond donors (Lipinski definition) is 2. The molecule has 0 radical (unpaired) electrons. The Morgan fingerprint density at radius 1 is 1.17 bits per heavy atom. The van der Waals surface area contributed by atoms with Gasteiger partial charge < -0.3 is 15.2 Å². The second-order valence-electron chi connectivity index (χ2n) is 5.37. The molecule has 0 atom stereocenters. The van der Waals surface area contributed by atoms with Crippen molar-refractivity contribution in [3.8, 4) is 11.5 Å². The molecule has 122 valence electrons. The average Bonchev–Trinajstić information content (AvgIpc) is 2.57. The van der Waals surface area contributed by atoms with Gasteiger partial charge in [0.05, 0.1) is 11.3 Å². The van der Waals surface area contributed by atoms with E-state index in [-0.39, 0.29) is 5.56 Å². The SMILES string of the molecule is CCCCNc1cc(C(=O)O)cc(CC)c1Oc1ccccc1. The van der Waals surface area contributed by atoms with Gasteiger partial charge in [0.1, 0.15) is 5.75 Å². The first-order valence-corrected chi connectivity index (χ1v) is 8.02. The maximum Gasteiger partial charge on any atom is 0.335 e. The standard InChI is InChI=1S/C19H23NO3/c1-3-5-11-20-17-13-15(19(21)22)12-14(4-2)18(17)23-16-9-7-6-8-10-16/h6-10,12-13,20H,3-5,11H2,1-2H3,(H,21,22). The zero-order valence-corrected chi connectivity index (χ0v) is 13.6. The maximum atomic E-state index is 11.4. The summed E-state index contributed by atoms with van der Waals surface area (Å²) in [6.07, 6.45) is 2.79. The van der Waals surface area contributed by atoms with E-state index in [1.165, 1.54) is 0 Å². The monoisotopic (exact) mass is 313 g/mol. The highest BCUT2D eigenvalue weighted by Gasteiger charge is 2.15. The van der Waals surface area contributed by atoms with Gasteiger partial charge in [-0.05, 0) is 42.7 Å². The van der Waals surface area contributed by atoms with E-state index >= 15 is 0 Å². The molecule has 0 unspecified atom stereocenters. The van der Waals surface area contributed by atoms with Crippen LogP contribution in [0.5, 0.6) is 11.5 Å². The Morgan fingerprint density at radius 3 is 2.52 bits per heavy atom. The lowest BCUT2D eigenvalue weighted by atomic mass is 10.1. The van der Waals surface area contributed by atoms with E-state index in [2.05, 4.69) is 12.2 Å². The highest BCUT2D eigenvalue weighted by Crippen LogP contribution is 2.35. The number of anilines is 1. The Morgan fingerprint density at radius 2 is 1.91 bits per heavy atom. The van der Waals surface area contributed by atoms with Crippen LogP contribution < -0.4 is 10.1 Å². The molecule has 23 heavy (non-hydrogen) atoms. The molecular weight excluding hydrogens is 290 g/mol. The van der Waals surface area contributed by atoms with Gasteiger partial charge in [0.25, 0.3) is 0 Å². The topological polar surface area (TPSA) is 58.6 Å². The highest BCUT2D eigenvalue weighted by atomic mass is 16.5. The van der Waals surface area contributed by atoms with E-state index < -0.39 is 5.97 Å². The summed E-state index contributed by atoms with van der Waals surface area (Å²) in [6.45, 7) is 4.90. The van der Waals surface area contributed by atoms with Crippen molar-refractivity contribution in [3.05, 3.63) is 53.6 Å². The van der Waals surface area contributed by atoms with Crippen LogP contribution in [0.15, 0.2) is 42.5 Å². The van der Waals surface area contributed by atoms with Gasteiger partial charge >= 0.3 is 5.97 Å². The summed E-state index contributed by atoms with van der Waals surface area (Å²) in [6, 6.07) is 12.9. The zero-order chi connectivity index (χ0) is 16.7. The molecule has 0 saturated heterocycles. The van der Waals surface area contributed by atoms with Crippen LogP contribution >= 0.6 is 0 Å². The Balaban J connectivity index is 2.40. The maximum absolute atomic E-state index is 11.4. The summed E-state index contributed by atoms with van der Waals surface area (Å²) < 4.78 is 6.04. The molecule has 0 fully saturated rings. The van der Waals surface area contributed by atoms with Crippen LogP contribution in [-0.4, -0.2) is 17.6 Å². The fourth-order valence-corrected chi connectivity index (χ4v) is 2.33. The molecule has 0 aliphatic carbocycles. The minimum absolute atomic E-state index is 0.279. The number of unbranched alkanes of at least 4 members (excludes halogenated alkanes) is 1. The van der Waals surface area contributed by atoms with Crippen molar-refractivity contribution in [3.63, 3.8) is 0 Å². The summed E-state index contributed by atoms with van der Waals surface area (Å²) in [5, 5.41) is 12.6. The number of ether oxygens (including phenoxy) is 1. The lowest BCUT2D eigenvalue weighted by Gasteiger charge is -2.17. The summed E-state index contributed by atoms with van der Waals surface area (Å²) in [5.74, 6) is 0.521. The molecule has 0 amide bonds. The van der Waals surface area contributed by atoms with Crippen LogP contribution in [0.2, 0.25) is 0 Å². The van der Waals surface area contributed by atoms with Crippen LogP contribution in [0.3, 0.4) is 0 Å². The summed E-state index contributed by atoms with van der Waals surface area (Å²) in [4.78, 5) is 11.4. The van der Waals surface area contributed by atoms with Gasteiger partial charge in [-0.3, -0.25) is 0 Å². The number of para-hydroxylation sites is 1. The van der Waals surface area contributed by atoms with Crippen molar-refractivity contribution < 1.29 is 14.6 Å². The van der Waals surface area contributed by atoms with E-state index in [0.29, 0.717) is 12.2 Å². The Bertz CT molecular complexity index is 653. The first-order valence-electron chi connectivity index (χ1n) is 8.02. The first-order chi connectivity index (χ1) is 11.2. The van der Waals surface area contributed by atoms with Crippen LogP contribution in [0.4, 0.5) is 5.69 Å². The van der Waals surface area contributed by atoms with Gasteiger partial charge in [0, 0.05) is 6.54 Å². The second kappa shape index (κ2) is 8.22. The van der Waals surface area contributed by atoms with Gasteiger partial charge in [0.15, 0.2) is 5.75 Å². The largest absolute Gasteiger partial charge is 0.478 e. The summed E-state index contributed by atoms with van der Waals surface area (Å²) >= 11 is 0. The number of aryl methyl sites for hydroxylation is 1. The Labute approximate surface area is 137 Å². The third-order valence-electron chi connectivity index (χ3n) is 3.60. The molecule has 2 aromatic carbocycles. The predicted molar refractivity (Wildman–Crippen MR) is 92.7 cm³/mol. The van der Waals surface area contributed by atoms with Gasteiger partial charge in [-0.25, -0.2) is 4.79 Å². The van der Waals surface area contributed by atoms with Crippen LogP contribution in [0.25, 0.3) is 0 Å². The number of carbonyl (C=O) groups is 1. The molecule has 0 saturated carbocycles. The number of hydrogen-bond acceptors (Lipinski definition) is 3. The number of aromatic carboxylic acids is 1. The normalized spacial score (nSPS) is 10.3. The van der Waals surface area contributed by atoms with Crippen molar-refractivity contribution in [2.24, 2.45) is 0 Å². The Kier molecular flexibility index (Phi) is 6.03. The molecule has 0 aromatic heterocycles. The molecule has 0 spiro atoms. The van der Waals surface area contributed by atoms with E-state index in [1.807, 2.05) is 37.3 Å². The third-order valence-corrected chi connectivity index (χ3v) is 3.60. The third kappa shape index (κ3) is 4.49. The Hall–Kier alpha value is -2.49. The second-order valence-corrected chi connectivity index (χ2v) is 5.37. The van der Waals surface area contributed by atoms with Gasteiger partial charge in [-0.2, -0.15) is 0 Å². The van der Waals surface area contributed by atoms with E-state index in [0.717, 1.165) is 36.4 Å². The molecule has 4 nitrogen and oxygen atoms in total. The average molecular weight is 313 g/mol. The summed E-state index contributed by atoms with van der Waals surface area (Å²) in [5.41, 5.74) is 1.90. The summed E-state index contributed by atoms with van der Waals surface area (Å²) in [7, 11) is 0. The van der Waals surface area contributed by atoms with E-state index in [1.54, 1.807) is 12.1 Å². The molecule has 0 aliphatic heterocycles. The zero-order valence-electron chi connectivity index (χ0n) is 13.6. The first kappa shape index (κ1) is 16.9. The van der Waals surface area contributed by atoms with Crippen molar-refractivity contribution >= 4 is 11.7 Å². The molecule has 0 bridgehead atoms. The van der Waals surface area contributed by atoms with Crippen LogP contribution in [0, 0.1) is 0 Å². The molecule has 4 heteroatoms. The van der Waals surface area contributed by atoms with Crippen molar-refractivity contribution in [2.75, 3.05) is 11.9 Å². The molecule has 0 heterocycles. The number of nitrogens with one attached hydrogen (secondary N) is 1. The fraction of sp³-hybridized carbons (Fsp3) is 0.316. The highest BCUT2D eigenvalue weighted by molar-refractivity contribution is 5.90. The molecule has 2 aromatic rings. The molecular formula is C19H23NO3. The number of carboxylic acids is 1. The minimum Gasteiger partial charge on any atom is -0.478 e. The minimum atomic E-state index is -0.926. The molecule has 2 N–H and O–H groups in total. The van der Waals surface area contributed by atoms with Gasteiger partial charge in [-0.15, -0.1) is 0 Å². The van der Waals surface area contributed by atoms with Gasteiger partial charge in [-0.1, -0.05) is 38.5 Å². The number of rotatable bonds is 8. The number of carboxylic acid groups (broad SMARTS) is 1. The lowest BCUT2D eigenvalue weighted by Crippen LogP contribution is -2.07. The molecule has 2 rings (SSSR count). The lowest BCUT2D eigenvalue weighted by molar-refractivity contribution is 0.0697. The smallest absolute Gasteiger partial charge is 0.335 e. The van der Waals surface area contributed by atoms with Gasteiger partial charge in [0.2, 0.25) is 0 Å². The van der Waals surface area contributed by atoms with E-state index in [9.17, 15) is 9.90 Å². The van der Waals surface area contributed by atoms with Crippen molar-refractivity contribution in [2.45, 2.75) is 33.1 Å². The predicted octanol–water partition coefficient (Wildman–Crippen LogP) is 4.95. The number of benzene rings is 2. The quantitative estimate of drug-likeness (QED) is 0.677. The van der Waals surface area contributed by atoms with Crippen LogP contribution in [-0.2, 0) is 6.42 Å². The van der Waals surface area contributed by atoms with Crippen molar-refractivity contribution in [1.29, 1.82) is 0 Å². The van der Waals surface area contributed by atoms with Crippen molar-refractivity contribution in [1.82, 2.24) is 0 Å². The molecule has 0 aliphatic rings. The fourth-order valence-electron chi connectivity index (χ4n) is 2.33.